The summed E-state index contributed by atoms with van der Waals surface area (Å²) in [5.41, 5.74) is 0.549. The lowest BCUT2D eigenvalue weighted by atomic mass is 9.91. The number of ether oxygens (including phenoxy) is 1. The SMILES string of the molecule is CC(C)C(NC(=O)CCCC(=O)O)C(=O)N[C@@H](C)C(=O)Nc1ccc(COC(=O)NCC(=O)C(C)(C)C)cc1. The van der Waals surface area contributed by atoms with Crippen molar-refractivity contribution in [1.29, 1.82) is 0 Å². The van der Waals surface area contributed by atoms with Crippen molar-refractivity contribution in [3.05, 3.63) is 29.8 Å². The van der Waals surface area contributed by atoms with Crippen molar-refractivity contribution >= 4 is 41.3 Å². The highest BCUT2D eigenvalue weighted by molar-refractivity contribution is 5.98. The molecule has 216 valence electrons. The average Bonchev–Trinajstić information content (AvgIpc) is 2.84. The van der Waals surface area contributed by atoms with E-state index < -0.39 is 47.3 Å². The van der Waals surface area contributed by atoms with Gasteiger partial charge in [0.05, 0.1) is 6.54 Å². The Balaban J connectivity index is 2.55. The Bertz CT molecular complexity index is 1030. The second-order valence-corrected chi connectivity index (χ2v) is 10.6. The van der Waals surface area contributed by atoms with Gasteiger partial charge in [0.1, 0.15) is 18.7 Å². The van der Waals surface area contributed by atoms with Gasteiger partial charge in [-0.15, -0.1) is 0 Å². The predicted octanol–water partition coefficient (Wildman–Crippen LogP) is 2.37. The third-order valence-corrected chi connectivity index (χ3v) is 5.63. The third kappa shape index (κ3) is 12.9. The van der Waals surface area contributed by atoms with E-state index in [2.05, 4.69) is 21.3 Å². The highest BCUT2D eigenvalue weighted by atomic mass is 16.5. The number of carboxylic acids is 1. The van der Waals surface area contributed by atoms with Crippen LogP contribution in [0.1, 0.15) is 66.4 Å². The van der Waals surface area contributed by atoms with E-state index in [4.69, 9.17) is 9.84 Å². The molecule has 0 aromatic heterocycles. The van der Waals surface area contributed by atoms with E-state index in [1.807, 2.05) is 0 Å². The molecule has 0 aliphatic heterocycles. The Morgan fingerprint density at radius 3 is 2.05 bits per heavy atom. The lowest BCUT2D eigenvalue weighted by molar-refractivity contribution is -0.137. The Kier molecular flexibility index (Phi) is 13.1. The van der Waals surface area contributed by atoms with E-state index in [1.54, 1.807) is 58.9 Å². The maximum absolute atomic E-state index is 12.7. The van der Waals surface area contributed by atoms with Crippen LogP contribution in [-0.4, -0.2) is 59.3 Å². The molecule has 1 unspecified atom stereocenters. The van der Waals surface area contributed by atoms with E-state index in [0.717, 1.165) is 0 Å². The molecule has 12 nitrogen and oxygen atoms in total. The first-order chi connectivity index (χ1) is 18.1. The molecule has 0 spiro atoms. The number of carbonyl (C=O) groups excluding carboxylic acids is 5. The molecule has 1 aromatic carbocycles. The van der Waals surface area contributed by atoms with Crippen molar-refractivity contribution in [2.45, 2.75) is 79.5 Å². The van der Waals surface area contributed by atoms with Gasteiger partial charge in [-0.25, -0.2) is 4.79 Å². The molecule has 4 amide bonds. The van der Waals surface area contributed by atoms with Crippen molar-refractivity contribution in [3.8, 4) is 0 Å². The number of hydrogen-bond acceptors (Lipinski definition) is 7. The molecular formula is C27H40N4O8. The number of alkyl carbamates (subject to hydrolysis) is 1. The zero-order chi connectivity index (χ0) is 29.8. The molecule has 1 aromatic rings. The molecule has 5 N–H and O–H groups in total. The van der Waals surface area contributed by atoms with Gasteiger partial charge in [-0.1, -0.05) is 46.8 Å². The minimum atomic E-state index is -1.00. The quantitative estimate of drug-likeness (QED) is 0.235. The summed E-state index contributed by atoms with van der Waals surface area (Å²) in [5.74, 6) is -2.85. The van der Waals surface area contributed by atoms with Crippen LogP contribution in [0.25, 0.3) is 0 Å². The summed E-state index contributed by atoms with van der Waals surface area (Å²) in [4.78, 5) is 71.7. The summed E-state index contributed by atoms with van der Waals surface area (Å²) in [5, 5.41) is 19.0. The van der Waals surface area contributed by atoms with E-state index in [1.165, 1.54) is 6.92 Å². The standard InChI is InChI=1S/C27H40N4O8/c1-16(2)23(31-21(33)8-7-9-22(34)35)25(37)29-17(3)24(36)30-19-12-10-18(11-13-19)15-39-26(38)28-14-20(32)27(4,5)6/h10-13,16-17,23H,7-9,14-15H2,1-6H3,(H,28,38)(H,29,37)(H,30,36)(H,31,33)(H,34,35)/t17-,23?/m0/s1. The monoisotopic (exact) mass is 548 g/mol. The first kappa shape index (κ1) is 33.1. The lowest BCUT2D eigenvalue weighted by Crippen LogP contribution is -2.53. The Morgan fingerprint density at radius 2 is 1.51 bits per heavy atom. The molecule has 0 aliphatic rings. The van der Waals surface area contributed by atoms with Crippen LogP contribution in [0.15, 0.2) is 24.3 Å². The molecule has 39 heavy (non-hydrogen) atoms. The number of nitrogens with one attached hydrogen (secondary N) is 4. The van der Waals surface area contributed by atoms with E-state index in [9.17, 15) is 28.8 Å². The zero-order valence-corrected chi connectivity index (χ0v) is 23.4. The van der Waals surface area contributed by atoms with Gasteiger partial charge in [0, 0.05) is 23.9 Å². The number of rotatable bonds is 14. The van der Waals surface area contributed by atoms with Crippen LogP contribution in [0.2, 0.25) is 0 Å². The van der Waals surface area contributed by atoms with Gasteiger partial charge >= 0.3 is 12.1 Å². The normalized spacial score (nSPS) is 12.6. The molecule has 0 fully saturated rings. The maximum Gasteiger partial charge on any atom is 0.407 e. The van der Waals surface area contributed by atoms with Crippen LogP contribution < -0.4 is 21.3 Å². The van der Waals surface area contributed by atoms with Crippen molar-refractivity contribution in [2.24, 2.45) is 11.3 Å². The first-order valence-electron chi connectivity index (χ1n) is 12.8. The number of benzene rings is 1. The van der Waals surface area contributed by atoms with Crippen molar-refractivity contribution in [2.75, 3.05) is 11.9 Å². The highest BCUT2D eigenvalue weighted by Gasteiger charge is 2.27. The minimum absolute atomic E-state index is 0.0264. The van der Waals surface area contributed by atoms with Gasteiger partial charge < -0.3 is 31.1 Å². The number of hydrogen-bond donors (Lipinski definition) is 5. The van der Waals surface area contributed by atoms with Crippen molar-refractivity contribution in [1.82, 2.24) is 16.0 Å². The fourth-order valence-electron chi connectivity index (χ4n) is 3.10. The molecule has 2 atom stereocenters. The molecule has 1 rings (SSSR count). The number of anilines is 1. The summed E-state index contributed by atoms with van der Waals surface area (Å²) in [6, 6.07) is 4.73. The molecular weight excluding hydrogens is 508 g/mol. The van der Waals surface area contributed by atoms with E-state index in [0.29, 0.717) is 11.3 Å². The fourth-order valence-corrected chi connectivity index (χ4v) is 3.10. The molecule has 0 radical (unpaired) electrons. The van der Waals surface area contributed by atoms with Gasteiger partial charge in [-0.3, -0.25) is 24.0 Å². The Labute approximate surface area is 228 Å². The summed E-state index contributed by atoms with van der Waals surface area (Å²) >= 11 is 0. The number of amides is 4. The number of carbonyl (C=O) groups is 6. The first-order valence-corrected chi connectivity index (χ1v) is 12.8. The summed E-state index contributed by atoms with van der Waals surface area (Å²) in [7, 11) is 0. The Hall–Kier alpha value is -3.96. The largest absolute Gasteiger partial charge is 0.481 e. The van der Waals surface area contributed by atoms with Crippen LogP contribution in [0.5, 0.6) is 0 Å². The van der Waals surface area contributed by atoms with Gasteiger partial charge in [0.25, 0.3) is 0 Å². The Morgan fingerprint density at radius 1 is 0.897 bits per heavy atom. The average molecular weight is 549 g/mol. The molecule has 0 saturated carbocycles. The summed E-state index contributed by atoms with van der Waals surface area (Å²) in [6.45, 7) is 10.1. The molecule has 0 saturated heterocycles. The minimum Gasteiger partial charge on any atom is -0.481 e. The lowest BCUT2D eigenvalue weighted by Gasteiger charge is -2.24. The molecule has 12 heteroatoms. The number of ketones is 1. The van der Waals surface area contributed by atoms with Crippen molar-refractivity contribution < 1.29 is 38.6 Å². The van der Waals surface area contributed by atoms with E-state index >= 15 is 0 Å². The van der Waals surface area contributed by atoms with Gasteiger partial charge in [0.15, 0.2) is 5.78 Å². The highest BCUT2D eigenvalue weighted by Crippen LogP contribution is 2.14. The van der Waals surface area contributed by atoms with Gasteiger partial charge in [-0.05, 0) is 37.0 Å². The van der Waals surface area contributed by atoms with Crippen LogP contribution in [0, 0.1) is 11.3 Å². The summed E-state index contributed by atoms with van der Waals surface area (Å²) < 4.78 is 5.10. The van der Waals surface area contributed by atoms with Crippen LogP contribution >= 0.6 is 0 Å². The molecule has 0 heterocycles. The molecule has 0 aliphatic carbocycles. The van der Waals surface area contributed by atoms with Crippen LogP contribution in [0.3, 0.4) is 0 Å². The van der Waals surface area contributed by atoms with Crippen molar-refractivity contribution in [3.63, 3.8) is 0 Å². The zero-order valence-electron chi connectivity index (χ0n) is 23.4. The van der Waals surface area contributed by atoms with Gasteiger partial charge in [0.2, 0.25) is 17.7 Å². The summed E-state index contributed by atoms with van der Waals surface area (Å²) in [6.07, 6.45) is -0.734. The van der Waals surface area contributed by atoms with Crippen LogP contribution in [-0.2, 0) is 35.3 Å². The smallest absolute Gasteiger partial charge is 0.407 e. The number of Topliss-reactive ketones (excluding diaryl/α,β-unsaturated/α-hetero) is 1. The van der Waals surface area contributed by atoms with Crippen LogP contribution in [0.4, 0.5) is 10.5 Å². The fraction of sp³-hybridized carbons (Fsp3) is 0.556. The second-order valence-electron chi connectivity index (χ2n) is 10.6. The molecule has 0 bridgehead atoms. The second kappa shape index (κ2) is 15.5. The van der Waals surface area contributed by atoms with E-state index in [-0.39, 0.29) is 44.1 Å². The van der Waals surface area contributed by atoms with Gasteiger partial charge in [-0.2, -0.15) is 0 Å². The topological polar surface area (TPSA) is 180 Å². The predicted molar refractivity (Wildman–Crippen MR) is 144 cm³/mol. The number of aliphatic carboxylic acids is 1. The maximum atomic E-state index is 12.7. The third-order valence-electron chi connectivity index (χ3n) is 5.63. The number of carboxylic acid groups (broad SMARTS) is 1.